The Hall–Kier alpha value is -1.32. The van der Waals surface area contributed by atoms with E-state index >= 15 is 0 Å². The Balaban J connectivity index is 2.08. The monoisotopic (exact) mass is 281 g/mol. The molecule has 0 aromatic rings. The van der Waals surface area contributed by atoms with Crippen molar-refractivity contribution in [2.24, 2.45) is 0 Å². The number of carboxylic acid groups (broad SMARTS) is 1. The van der Waals surface area contributed by atoms with Crippen LogP contribution in [0.3, 0.4) is 0 Å². The lowest BCUT2D eigenvalue weighted by Crippen LogP contribution is -2.40. The van der Waals surface area contributed by atoms with Gasteiger partial charge in [0.1, 0.15) is 6.04 Å². The number of carbonyl (C=O) groups excluding carboxylic acids is 1. The van der Waals surface area contributed by atoms with Crippen LogP contribution in [0.25, 0.3) is 0 Å². The first-order valence-electron chi connectivity index (χ1n) is 7.80. The third kappa shape index (κ3) is 5.76. The van der Waals surface area contributed by atoms with Gasteiger partial charge in [0.25, 0.3) is 0 Å². The van der Waals surface area contributed by atoms with E-state index in [1.54, 1.807) is 4.90 Å². The molecule has 1 aliphatic heterocycles. The number of unbranched alkanes of at least 4 members (excludes halogenated alkanes) is 6. The maximum atomic E-state index is 12.0. The second-order valence-electron chi connectivity index (χ2n) is 5.53. The number of aliphatic carboxylic acids is 1. The summed E-state index contributed by atoms with van der Waals surface area (Å²) in [5.41, 5.74) is 0. The molecule has 114 valence electrons. The van der Waals surface area contributed by atoms with Crippen molar-refractivity contribution >= 4 is 11.9 Å². The molecule has 1 aliphatic rings. The molecule has 1 N–H and O–H groups in total. The number of hydrogen-bond acceptors (Lipinski definition) is 2. The number of allylic oxidation sites excluding steroid dienone is 1. The maximum Gasteiger partial charge on any atom is 0.326 e. The molecular weight excluding hydrogens is 254 g/mol. The summed E-state index contributed by atoms with van der Waals surface area (Å²) in [5.74, 6) is -0.848. The Morgan fingerprint density at radius 1 is 1.15 bits per heavy atom. The summed E-state index contributed by atoms with van der Waals surface area (Å²) in [7, 11) is 0. The molecule has 4 nitrogen and oxygen atoms in total. The first kappa shape index (κ1) is 16.7. The fourth-order valence-electron chi connectivity index (χ4n) is 2.74. The quantitative estimate of drug-likeness (QED) is 0.493. The highest BCUT2D eigenvalue weighted by atomic mass is 16.4. The van der Waals surface area contributed by atoms with Gasteiger partial charge in [-0.2, -0.15) is 0 Å². The van der Waals surface area contributed by atoms with Crippen molar-refractivity contribution in [3.05, 3.63) is 12.7 Å². The molecule has 1 rings (SSSR count). The van der Waals surface area contributed by atoms with E-state index in [4.69, 9.17) is 5.11 Å². The summed E-state index contributed by atoms with van der Waals surface area (Å²) in [6.45, 7) is 4.31. The molecule has 20 heavy (non-hydrogen) atoms. The van der Waals surface area contributed by atoms with Crippen LogP contribution in [0.4, 0.5) is 0 Å². The van der Waals surface area contributed by atoms with Gasteiger partial charge in [-0.05, 0) is 32.1 Å². The lowest BCUT2D eigenvalue weighted by molar-refractivity contribution is -0.148. The third-order valence-corrected chi connectivity index (χ3v) is 3.91. The fraction of sp³-hybridized carbons (Fsp3) is 0.750. The first-order valence-corrected chi connectivity index (χ1v) is 7.80. The van der Waals surface area contributed by atoms with Crippen LogP contribution in [-0.2, 0) is 9.59 Å². The van der Waals surface area contributed by atoms with E-state index in [9.17, 15) is 9.59 Å². The van der Waals surface area contributed by atoms with Gasteiger partial charge in [-0.15, -0.1) is 6.58 Å². The van der Waals surface area contributed by atoms with Gasteiger partial charge in [-0.25, -0.2) is 4.79 Å². The molecule has 0 aromatic heterocycles. The third-order valence-electron chi connectivity index (χ3n) is 3.91. The molecular formula is C16H27NO3. The molecule has 0 aliphatic carbocycles. The molecule has 1 atom stereocenters. The van der Waals surface area contributed by atoms with Gasteiger partial charge in [-0.1, -0.05) is 31.8 Å². The summed E-state index contributed by atoms with van der Waals surface area (Å²) < 4.78 is 0. The zero-order chi connectivity index (χ0) is 14.8. The molecule has 4 heteroatoms. The Morgan fingerprint density at radius 3 is 2.45 bits per heavy atom. The van der Waals surface area contributed by atoms with E-state index in [0.717, 1.165) is 32.1 Å². The van der Waals surface area contributed by atoms with Crippen molar-refractivity contribution in [3.8, 4) is 0 Å². The Bertz CT molecular complexity index is 328. The highest BCUT2D eigenvalue weighted by molar-refractivity contribution is 5.84. The normalized spacial score (nSPS) is 18.2. The minimum Gasteiger partial charge on any atom is -0.480 e. The number of carboxylic acids is 1. The molecule has 1 saturated heterocycles. The molecule has 0 spiro atoms. The van der Waals surface area contributed by atoms with Gasteiger partial charge in [-0.3, -0.25) is 4.79 Å². The van der Waals surface area contributed by atoms with E-state index in [0.29, 0.717) is 19.4 Å². The van der Waals surface area contributed by atoms with Gasteiger partial charge in [0.2, 0.25) is 5.91 Å². The SMILES string of the molecule is C=CCCCCCCCCC(=O)N1CCC[C@H]1C(=O)O. The van der Waals surface area contributed by atoms with Gasteiger partial charge in [0, 0.05) is 13.0 Å². The van der Waals surface area contributed by atoms with E-state index in [1.807, 2.05) is 6.08 Å². The van der Waals surface area contributed by atoms with Gasteiger partial charge in [0.15, 0.2) is 0 Å². The Labute approximate surface area is 121 Å². The Kier molecular flexibility index (Phi) is 8.00. The van der Waals surface area contributed by atoms with Crippen molar-refractivity contribution in [2.75, 3.05) is 6.54 Å². The summed E-state index contributed by atoms with van der Waals surface area (Å²) in [5, 5.41) is 9.04. The van der Waals surface area contributed by atoms with Crippen LogP contribution in [-0.4, -0.2) is 34.5 Å². The van der Waals surface area contributed by atoms with Gasteiger partial charge >= 0.3 is 5.97 Å². The summed E-state index contributed by atoms with van der Waals surface area (Å²) in [4.78, 5) is 24.6. The van der Waals surface area contributed by atoms with Crippen LogP contribution >= 0.6 is 0 Å². The van der Waals surface area contributed by atoms with Crippen LogP contribution in [0.5, 0.6) is 0 Å². The van der Waals surface area contributed by atoms with Crippen molar-refractivity contribution in [1.82, 2.24) is 4.90 Å². The number of hydrogen-bond donors (Lipinski definition) is 1. The highest BCUT2D eigenvalue weighted by Crippen LogP contribution is 2.19. The van der Waals surface area contributed by atoms with E-state index in [1.165, 1.54) is 19.3 Å². The molecule has 0 radical (unpaired) electrons. The molecule has 0 saturated carbocycles. The summed E-state index contributed by atoms with van der Waals surface area (Å²) >= 11 is 0. The molecule has 1 amide bonds. The maximum absolute atomic E-state index is 12.0. The lowest BCUT2D eigenvalue weighted by Gasteiger charge is -2.21. The first-order chi connectivity index (χ1) is 9.66. The molecule has 0 unspecified atom stereocenters. The fourth-order valence-corrected chi connectivity index (χ4v) is 2.74. The van der Waals surface area contributed by atoms with Crippen LogP contribution < -0.4 is 0 Å². The smallest absolute Gasteiger partial charge is 0.326 e. The second-order valence-corrected chi connectivity index (χ2v) is 5.53. The van der Waals surface area contributed by atoms with E-state index in [2.05, 4.69) is 6.58 Å². The topological polar surface area (TPSA) is 57.6 Å². The Morgan fingerprint density at radius 2 is 1.80 bits per heavy atom. The number of carbonyl (C=O) groups is 2. The number of rotatable bonds is 10. The van der Waals surface area contributed by atoms with E-state index in [-0.39, 0.29) is 5.91 Å². The molecule has 1 fully saturated rings. The molecule has 1 heterocycles. The minimum absolute atomic E-state index is 0.0153. The number of amides is 1. The van der Waals surface area contributed by atoms with Crippen molar-refractivity contribution in [3.63, 3.8) is 0 Å². The number of likely N-dealkylation sites (tertiary alicyclic amines) is 1. The standard InChI is InChI=1S/C16H27NO3/c1-2-3-4-5-6-7-8-9-12-15(18)17-13-10-11-14(17)16(19)20/h2,14H,1,3-13H2,(H,19,20)/t14-/m0/s1. The number of nitrogens with zero attached hydrogens (tertiary/aromatic N) is 1. The average Bonchev–Trinajstić information content (AvgIpc) is 2.91. The predicted octanol–water partition coefficient (Wildman–Crippen LogP) is 3.37. The van der Waals surface area contributed by atoms with Crippen molar-refractivity contribution in [1.29, 1.82) is 0 Å². The van der Waals surface area contributed by atoms with Crippen LogP contribution in [0.2, 0.25) is 0 Å². The van der Waals surface area contributed by atoms with Crippen molar-refractivity contribution < 1.29 is 14.7 Å². The average molecular weight is 281 g/mol. The van der Waals surface area contributed by atoms with Crippen molar-refractivity contribution in [2.45, 2.75) is 70.3 Å². The molecule has 0 bridgehead atoms. The van der Waals surface area contributed by atoms with Gasteiger partial charge in [0.05, 0.1) is 0 Å². The highest BCUT2D eigenvalue weighted by Gasteiger charge is 2.33. The lowest BCUT2D eigenvalue weighted by atomic mass is 10.1. The van der Waals surface area contributed by atoms with Crippen LogP contribution in [0.1, 0.15) is 64.2 Å². The minimum atomic E-state index is -0.863. The van der Waals surface area contributed by atoms with E-state index < -0.39 is 12.0 Å². The largest absolute Gasteiger partial charge is 0.480 e. The van der Waals surface area contributed by atoms with Crippen LogP contribution in [0, 0.1) is 0 Å². The van der Waals surface area contributed by atoms with Gasteiger partial charge < -0.3 is 10.0 Å². The zero-order valence-corrected chi connectivity index (χ0v) is 12.4. The second kappa shape index (κ2) is 9.56. The molecule has 0 aromatic carbocycles. The summed E-state index contributed by atoms with van der Waals surface area (Å²) in [6.07, 6.45) is 11.7. The predicted molar refractivity (Wildman–Crippen MR) is 79.5 cm³/mol. The van der Waals surface area contributed by atoms with Crippen LogP contribution in [0.15, 0.2) is 12.7 Å². The zero-order valence-electron chi connectivity index (χ0n) is 12.4. The summed E-state index contributed by atoms with van der Waals surface area (Å²) in [6, 6.07) is -0.582.